The van der Waals surface area contributed by atoms with Crippen LogP contribution in [0.5, 0.6) is 0 Å². The van der Waals surface area contributed by atoms with Gasteiger partial charge in [-0.3, -0.25) is 19.3 Å². The van der Waals surface area contributed by atoms with Gasteiger partial charge in [-0.25, -0.2) is 4.98 Å². The second-order valence-corrected chi connectivity index (χ2v) is 6.07. The molecule has 0 aliphatic rings. The smallest absolute Gasteiger partial charge is 0.276 e. The third kappa shape index (κ3) is 3.42. The maximum absolute atomic E-state index is 12.6. The normalized spacial score (nSPS) is 11.0. The van der Waals surface area contributed by atoms with Crippen molar-refractivity contribution < 1.29 is 13.9 Å². The first-order valence-electron chi connectivity index (χ1n) is 8.54. The molecular weight excluding hydrogens is 362 g/mol. The average Bonchev–Trinajstić information content (AvgIpc) is 3.39. The van der Waals surface area contributed by atoms with Gasteiger partial charge in [-0.05, 0) is 30.3 Å². The van der Waals surface area contributed by atoms with Crippen molar-refractivity contribution in [2.45, 2.75) is 6.54 Å². The minimum Gasteiger partial charge on any atom is -0.463 e. The number of hydrogen-bond donors (Lipinski definition) is 2. The van der Waals surface area contributed by atoms with Crippen LogP contribution in [-0.4, -0.2) is 39.4 Å². The number of furan rings is 1. The third-order valence-electron chi connectivity index (χ3n) is 4.22. The summed E-state index contributed by atoms with van der Waals surface area (Å²) in [6, 6.07) is 10.1. The Bertz CT molecular complexity index is 1180. The zero-order chi connectivity index (χ0) is 19.5. The van der Waals surface area contributed by atoms with Crippen LogP contribution in [-0.2, 0) is 11.3 Å². The van der Waals surface area contributed by atoms with Crippen LogP contribution < -0.4 is 10.9 Å². The van der Waals surface area contributed by atoms with Crippen LogP contribution in [0.1, 0.15) is 10.5 Å². The minimum atomic E-state index is -0.406. The number of rotatable bonds is 6. The van der Waals surface area contributed by atoms with E-state index in [2.05, 4.69) is 20.5 Å². The highest BCUT2D eigenvalue weighted by Crippen LogP contribution is 2.19. The Morgan fingerprint density at radius 2 is 2.21 bits per heavy atom. The van der Waals surface area contributed by atoms with Gasteiger partial charge in [-0.1, -0.05) is 0 Å². The van der Waals surface area contributed by atoms with Crippen molar-refractivity contribution in [3.05, 3.63) is 65.0 Å². The first-order chi connectivity index (χ1) is 13.7. The maximum Gasteiger partial charge on any atom is 0.276 e. The van der Waals surface area contributed by atoms with Gasteiger partial charge in [0.1, 0.15) is 5.69 Å². The number of aromatic amines is 1. The number of carbonyl (C=O) groups excluding carboxylic acids is 1. The summed E-state index contributed by atoms with van der Waals surface area (Å²) >= 11 is 0. The Morgan fingerprint density at radius 1 is 1.32 bits per heavy atom. The zero-order valence-corrected chi connectivity index (χ0v) is 15.0. The lowest BCUT2D eigenvalue weighted by molar-refractivity contribution is 0.102. The van der Waals surface area contributed by atoms with Gasteiger partial charge >= 0.3 is 0 Å². The van der Waals surface area contributed by atoms with Gasteiger partial charge in [0.2, 0.25) is 0 Å². The molecule has 3 aromatic heterocycles. The van der Waals surface area contributed by atoms with Crippen molar-refractivity contribution in [1.29, 1.82) is 0 Å². The van der Waals surface area contributed by atoms with Gasteiger partial charge in [0, 0.05) is 18.9 Å². The molecule has 2 N–H and O–H groups in total. The van der Waals surface area contributed by atoms with Crippen LogP contribution in [0.4, 0.5) is 5.69 Å². The average molecular weight is 379 g/mol. The fourth-order valence-electron chi connectivity index (χ4n) is 2.78. The maximum atomic E-state index is 12.6. The van der Waals surface area contributed by atoms with Gasteiger partial charge in [0.25, 0.3) is 11.5 Å². The molecule has 0 spiro atoms. The van der Waals surface area contributed by atoms with Gasteiger partial charge in [0.15, 0.2) is 11.5 Å². The molecule has 1 aromatic carbocycles. The van der Waals surface area contributed by atoms with Gasteiger partial charge in [-0.15, -0.1) is 0 Å². The Morgan fingerprint density at radius 3 is 3.00 bits per heavy atom. The molecule has 4 rings (SSSR count). The lowest BCUT2D eigenvalue weighted by Gasteiger charge is -2.08. The Balaban J connectivity index is 1.58. The molecular formula is C19H17N5O4. The number of anilines is 1. The molecule has 0 aliphatic carbocycles. The lowest BCUT2D eigenvalue weighted by Crippen LogP contribution is -2.22. The molecule has 28 heavy (non-hydrogen) atoms. The molecule has 0 unspecified atom stereocenters. The van der Waals surface area contributed by atoms with Crippen molar-refractivity contribution >= 4 is 22.5 Å². The number of nitrogens with one attached hydrogen (secondary N) is 2. The van der Waals surface area contributed by atoms with E-state index in [1.165, 1.54) is 10.9 Å². The van der Waals surface area contributed by atoms with E-state index in [4.69, 9.17) is 9.15 Å². The van der Waals surface area contributed by atoms with E-state index in [0.29, 0.717) is 41.2 Å². The first kappa shape index (κ1) is 17.7. The van der Waals surface area contributed by atoms with E-state index in [0.717, 1.165) is 0 Å². The molecule has 0 radical (unpaired) electrons. The molecule has 9 heteroatoms. The quantitative estimate of drug-likeness (QED) is 0.531. The predicted octanol–water partition coefficient (Wildman–Crippen LogP) is 2.28. The molecule has 9 nitrogen and oxygen atoms in total. The fraction of sp³-hybridized carbons (Fsp3) is 0.158. The standard InChI is InChI=1S/C19H17N5O4/c1-27-8-6-24-11-20-14-5-4-12(9-13(14)19(24)26)21-18(25)16-10-15(22-23-16)17-3-2-7-28-17/h2-5,7,9-11H,6,8H2,1H3,(H,21,25)(H,22,23). The highest BCUT2D eigenvalue weighted by atomic mass is 16.5. The molecule has 3 heterocycles. The summed E-state index contributed by atoms with van der Waals surface area (Å²) in [5.74, 6) is 0.178. The molecule has 0 atom stereocenters. The molecule has 1 amide bonds. The largest absolute Gasteiger partial charge is 0.463 e. The van der Waals surface area contributed by atoms with E-state index < -0.39 is 5.91 Å². The summed E-state index contributed by atoms with van der Waals surface area (Å²) in [6.07, 6.45) is 3.03. The van der Waals surface area contributed by atoms with E-state index in [9.17, 15) is 9.59 Å². The topological polar surface area (TPSA) is 115 Å². The van der Waals surface area contributed by atoms with E-state index in [1.807, 2.05) is 0 Å². The number of nitrogens with zero attached hydrogens (tertiary/aromatic N) is 3. The van der Waals surface area contributed by atoms with Gasteiger partial charge in [0.05, 0.1) is 36.6 Å². The van der Waals surface area contributed by atoms with Crippen molar-refractivity contribution in [3.63, 3.8) is 0 Å². The van der Waals surface area contributed by atoms with Crippen LogP contribution in [0.25, 0.3) is 22.4 Å². The highest BCUT2D eigenvalue weighted by molar-refractivity contribution is 6.04. The number of fused-ring (bicyclic) bond motifs is 1. The molecule has 4 aromatic rings. The van der Waals surface area contributed by atoms with Crippen molar-refractivity contribution in [3.8, 4) is 11.5 Å². The number of carbonyl (C=O) groups is 1. The van der Waals surface area contributed by atoms with Gasteiger partial charge < -0.3 is 14.5 Å². The number of H-pyrrole nitrogens is 1. The lowest BCUT2D eigenvalue weighted by atomic mass is 10.2. The second-order valence-electron chi connectivity index (χ2n) is 6.07. The first-order valence-corrected chi connectivity index (χ1v) is 8.54. The zero-order valence-electron chi connectivity index (χ0n) is 15.0. The van der Waals surface area contributed by atoms with Crippen molar-refractivity contribution in [2.75, 3.05) is 19.0 Å². The fourth-order valence-corrected chi connectivity index (χ4v) is 2.78. The third-order valence-corrected chi connectivity index (χ3v) is 4.22. The summed E-state index contributed by atoms with van der Waals surface area (Å²) in [5.41, 5.74) is 1.63. The highest BCUT2D eigenvalue weighted by Gasteiger charge is 2.14. The molecule has 0 saturated heterocycles. The monoisotopic (exact) mass is 379 g/mol. The number of methoxy groups -OCH3 is 1. The van der Waals surface area contributed by atoms with Crippen molar-refractivity contribution in [1.82, 2.24) is 19.7 Å². The number of ether oxygens (including phenoxy) is 1. The Kier molecular flexibility index (Phi) is 4.73. The SMILES string of the molecule is COCCn1cnc2ccc(NC(=O)c3cc(-c4ccco4)[nH]n3)cc2c1=O. The molecule has 0 bridgehead atoms. The Labute approximate surface area is 159 Å². The summed E-state index contributed by atoms with van der Waals surface area (Å²) in [4.78, 5) is 29.4. The van der Waals surface area contributed by atoms with Crippen LogP contribution >= 0.6 is 0 Å². The minimum absolute atomic E-state index is 0.196. The molecule has 142 valence electrons. The van der Waals surface area contributed by atoms with Crippen LogP contribution in [0.2, 0.25) is 0 Å². The number of hydrogen-bond acceptors (Lipinski definition) is 6. The Hall–Kier alpha value is -3.72. The second kappa shape index (κ2) is 7.49. The molecule has 0 fully saturated rings. The molecule has 0 saturated carbocycles. The van der Waals surface area contributed by atoms with Crippen molar-refractivity contribution in [2.24, 2.45) is 0 Å². The molecule has 0 aliphatic heterocycles. The summed E-state index contributed by atoms with van der Waals surface area (Å²) < 4.78 is 11.8. The van der Waals surface area contributed by atoms with E-state index >= 15 is 0 Å². The number of benzene rings is 1. The summed E-state index contributed by atoms with van der Waals surface area (Å²) in [7, 11) is 1.57. The van der Waals surface area contributed by atoms with E-state index in [-0.39, 0.29) is 11.3 Å². The van der Waals surface area contributed by atoms with Crippen LogP contribution in [0.15, 0.2) is 58.2 Å². The summed E-state index contributed by atoms with van der Waals surface area (Å²) in [6.45, 7) is 0.804. The number of aromatic nitrogens is 4. The van der Waals surface area contributed by atoms with Crippen LogP contribution in [0.3, 0.4) is 0 Å². The predicted molar refractivity (Wildman–Crippen MR) is 102 cm³/mol. The van der Waals surface area contributed by atoms with Crippen LogP contribution in [0, 0.1) is 0 Å². The van der Waals surface area contributed by atoms with E-state index in [1.54, 1.807) is 49.8 Å². The summed E-state index contributed by atoms with van der Waals surface area (Å²) in [5, 5.41) is 9.93. The number of amides is 1. The van der Waals surface area contributed by atoms with Gasteiger partial charge in [-0.2, -0.15) is 5.10 Å².